The van der Waals surface area contributed by atoms with Crippen LogP contribution in [0, 0.1) is 0 Å². The van der Waals surface area contributed by atoms with Gasteiger partial charge in [-0.2, -0.15) is 26.3 Å². The number of halogens is 6. The summed E-state index contributed by atoms with van der Waals surface area (Å²) in [4.78, 5) is 52.4. The molecule has 19 heteroatoms. The number of benzene rings is 4. The van der Waals surface area contributed by atoms with Gasteiger partial charge in [0.05, 0.1) is 43.2 Å². The van der Waals surface area contributed by atoms with Gasteiger partial charge >= 0.3 is 18.3 Å². The Morgan fingerprint density at radius 2 is 0.949 bits per heavy atom. The average Bonchev–Trinajstić information content (AvgIpc) is 3.43. The van der Waals surface area contributed by atoms with Crippen molar-refractivity contribution in [2.24, 2.45) is 0 Å². The third-order valence-electron chi connectivity index (χ3n) is 13.6. The first kappa shape index (κ1) is 58.8. The maximum atomic E-state index is 14.0. The first-order valence-corrected chi connectivity index (χ1v) is 26.0. The number of alkyl halides is 6. The maximum absolute atomic E-state index is 14.0. The van der Waals surface area contributed by atoms with Crippen molar-refractivity contribution >= 4 is 34.8 Å². The molecule has 13 nitrogen and oxygen atoms in total. The van der Waals surface area contributed by atoms with Crippen LogP contribution >= 0.6 is 0 Å². The van der Waals surface area contributed by atoms with Crippen LogP contribution in [-0.4, -0.2) is 110 Å². The lowest BCUT2D eigenvalue weighted by Crippen LogP contribution is -2.48. The minimum Gasteiger partial charge on any atom is -0.496 e. The number of pyridine rings is 2. The molecule has 2 amide bonds. The lowest BCUT2D eigenvalue weighted by atomic mass is 10.00. The second-order valence-corrected chi connectivity index (χ2v) is 20.6. The predicted molar refractivity (Wildman–Crippen MR) is 291 cm³/mol. The van der Waals surface area contributed by atoms with Crippen molar-refractivity contribution < 1.29 is 54.9 Å². The molecule has 0 bridgehead atoms. The number of amides is 2. The smallest absolute Gasteiger partial charge is 0.418 e. The zero-order chi connectivity index (χ0) is 57.2. The van der Waals surface area contributed by atoms with E-state index < -0.39 is 35.0 Å². The average molecular weight is 1100 g/mol. The highest BCUT2D eigenvalue weighted by Crippen LogP contribution is 2.36. The fourth-order valence-corrected chi connectivity index (χ4v) is 9.66. The normalized spacial score (nSPS) is 14.1. The zero-order valence-electron chi connectivity index (χ0n) is 45.6. The van der Waals surface area contributed by atoms with E-state index in [-0.39, 0.29) is 48.9 Å². The van der Waals surface area contributed by atoms with Crippen molar-refractivity contribution in [3.63, 3.8) is 0 Å². The number of anilines is 3. The number of carbonyl (C=O) groups is 3. The lowest BCUT2D eigenvalue weighted by molar-refractivity contribution is -0.154. The Morgan fingerprint density at radius 3 is 1.34 bits per heavy atom. The number of carbonyl (C=O) groups excluding carboxylic acids is 3. The minimum absolute atomic E-state index is 0.0207. The van der Waals surface area contributed by atoms with E-state index in [1.54, 1.807) is 97.4 Å². The second kappa shape index (κ2) is 25.3. The van der Waals surface area contributed by atoms with E-state index in [1.807, 2.05) is 46.2 Å². The first-order chi connectivity index (χ1) is 37.3. The molecule has 2 aliphatic heterocycles. The van der Waals surface area contributed by atoms with E-state index >= 15 is 0 Å². The maximum Gasteiger partial charge on any atom is 0.418 e. The number of aromatic nitrogens is 2. The molecule has 2 saturated heterocycles. The quantitative estimate of drug-likeness (QED) is 0.0632. The van der Waals surface area contributed by atoms with Gasteiger partial charge in [-0.1, -0.05) is 48.5 Å². The summed E-state index contributed by atoms with van der Waals surface area (Å²) in [5.41, 5.74) is 10.5. The topological polar surface area (TPSA) is 144 Å². The van der Waals surface area contributed by atoms with Crippen LogP contribution in [-0.2, 0) is 63.6 Å². The lowest BCUT2D eigenvalue weighted by Gasteiger charge is -2.35. The predicted octanol–water partition coefficient (Wildman–Crippen LogP) is 10.4. The summed E-state index contributed by atoms with van der Waals surface area (Å²) in [5.74, 6) is 0.982. The molecule has 2 fully saturated rings. The first-order valence-electron chi connectivity index (χ1n) is 26.0. The fourth-order valence-electron chi connectivity index (χ4n) is 9.66. The van der Waals surface area contributed by atoms with Crippen LogP contribution in [0.3, 0.4) is 0 Å². The molecule has 420 valence electrons. The molecule has 2 aromatic heterocycles. The molecule has 0 atom stereocenters. The van der Waals surface area contributed by atoms with E-state index in [4.69, 9.17) is 19.9 Å². The molecule has 4 aromatic carbocycles. The molecule has 2 aliphatic rings. The van der Waals surface area contributed by atoms with Crippen molar-refractivity contribution in [1.29, 1.82) is 0 Å². The Hall–Kier alpha value is -7.83. The van der Waals surface area contributed by atoms with E-state index in [0.29, 0.717) is 91.0 Å². The van der Waals surface area contributed by atoms with Gasteiger partial charge in [0.2, 0.25) is 11.8 Å². The van der Waals surface area contributed by atoms with Gasteiger partial charge < -0.3 is 39.5 Å². The number of piperazine rings is 2. The van der Waals surface area contributed by atoms with Gasteiger partial charge in [-0.3, -0.25) is 24.4 Å². The Labute approximate surface area is 457 Å². The summed E-state index contributed by atoms with van der Waals surface area (Å²) < 4.78 is 99.6. The van der Waals surface area contributed by atoms with Crippen molar-refractivity contribution in [1.82, 2.24) is 19.8 Å². The second-order valence-electron chi connectivity index (χ2n) is 20.6. The SMILES string of the molecule is COc1cc(N2CCN(C(C)=O)CC2)ccc1Cc1ccc(C(F)(F)F)c(Cc2cccc(CC(=O)OC(C)(C)C)c2)n1.COc1cc(N2CCN(C(C)=O)CC2)ccc1Cc1ccc(C(F)(F)F)c(Cc2cccc(N)c2)n1. The van der Waals surface area contributed by atoms with Gasteiger partial charge in [0.15, 0.2) is 0 Å². The molecule has 4 heterocycles. The van der Waals surface area contributed by atoms with Crippen LogP contribution in [0.4, 0.5) is 43.4 Å². The van der Waals surface area contributed by atoms with E-state index in [9.17, 15) is 40.7 Å². The molecule has 79 heavy (non-hydrogen) atoms. The number of esters is 1. The molecule has 8 rings (SSSR count). The van der Waals surface area contributed by atoms with Crippen LogP contribution in [0.5, 0.6) is 11.5 Å². The molecule has 0 saturated carbocycles. The van der Waals surface area contributed by atoms with Crippen LogP contribution in [0.15, 0.2) is 109 Å². The van der Waals surface area contributed by atoms with Gasteiger partial charge in [-0.05, 0) is 86.0 Å². The number of methoxy groups -OCH3 is 2. The molecular formula is C60H67F6N7O6. The standard InChI is InChI=1S/C33H38F3N3O4.C27H29F3N4O2/c1-22(40)38-13-15-39(16-14-38)27-11-9-25(30(21-27)42-5)20-26-10-12-28(33(34,35)36)29(37-26)18-23-7-6-8-24(17-23)19-31(41)43-32(2,3)4;1-18(35)33-10-12-34(13-11-33)23-8-6-20(26(17-23)36-2)16-22-7-9-24(27(28,29)30)25(32-22)15-19-4-3-5-21(31)14-19/h6-12,17,21H,13-16,18-20H2,1-5H3;3-9,14,17H,10-13,15-16,31H2,1-2H3. The molecule has 0 unspecified atom stereocenters. The zero-order valence-corrected chi connectivity index (χ0v) is 45.6. The summed E-state index contributed by atoms with van der Waals surface area (Å²) >= 11 is 0. The molecule has 2 N–H and O–H groups in total. The van der Waals surface area contributed by atoms with Crippen LogP contribution in [0.2, 0.25) is 0 Å². The number of ether oxygens (including phenoxy) is 3. The van der Waals surface area contributed by atoms with Gasteiger partial charge in [0, 0.05) is 144 Å². The largest absolute Gasteiger partial charge is 0.496 e. The highest BCUT2D eigenvalue weighted by atomic mass is 19.4. The van der Waals surface area contributed by atoms with E-state index in [0.717, 1.165) is 47.7 Å². The number of nitrogens with zero attached hydrogens (tertiary/aromatic N) is 6. The van der Waals surface area contributed by atoms with Crippen LogP contribution in [0.25, 0.3) is 0 Å². The van der Waals surface area contributed by atoms with Gasteiger partial charge in [-0.25, -0.2) is 0 Å². The molecule has 6 aromatic rings. The van der Waals surface area contributed by atoms with Crippen LogP contribution in [0.1, 0.15) is 96.3 Å². The number of hydrogen-bond donors (Lipinski definition) is 1. The van der Waals surface area contributed by atoms with Gasteiger partial charge in [0.1, 0.15) is 17.1 Å². The van der Waals surface area contributed by atoms with Crippen molar-refractivity contribution in [2.75, 3.05) is 82.1 Å². The molecule has 0 aliphatic carbocycles. The van der Waals surface area contributed by atoms with Crippen molar-refractivity contribution in [3.05, 3.63) is 171 Å². The van der Waals surface area contributed by atoms with Crippen molar-refractivity contribution in [3.8, 4) is 11.5 Å². The number of nitrogens with two attached hydrogens (primary N) is 1. The summed E-state index contributed by atoms with van der Waals surface area (Å²) in [6.07, 6.45) is -8.47. The Bertz CT molecular complexity index is 3110. The van der Waals surface area contributed by atoms with E-state index in [2.05, 4.69) is 19.8 Å². The summed E-state index contributed by atoms with van der Waals surface area (Å²) in [6, 6.07) is 30.3. The Morgan fingerprint density at radius 1 is 0.532 bits per heavy atom. The van der Waals surface area contributed by atoms with Gasteiger partial charge in [0.25, 0.3) is 0 Å². The highest BCUT2D eigenvalue weighted by Gasteiger charge is 2.36. The monoisotopic (exact) mass is 1100 g/mol. The Kier molecular flexibility index (Phi) is 18.9. The van der Waals surface area contributed by atoms with Gasteiger partial charge in [-0.15, -0.1) is 0 Å². The minimum atomic E-state index is -4.57. The fraction of sp³-hybridized carbons (Fsp3) is 0.383. The number of nitrogen functional groups attached to an aromatic ring is 1. The number of hydrogen-bond acceptors (Lipinski definition) is 11. The molecule has 0 spiro atoms. The Balaban J connectivity index is 0.000000232. The third kappa shape index (κ3) is 16.4. The molecule has 0 radical (unpaired) electrons. The summed E-state index contributed by atoms with van der Waals surface area (Å²) in [6.45, 7) is 13.9. The number of rotatable bonds is 14. The summed E-state index contributed by atoms with van der Waals surface area (Å²) in [5, 5.41) is 0. The van der Waals surface area contributed by atoms with Crippen molar-refractivity contribution in [2.45, 2.75) is 84.7 Å². The highest BCUT2D eigenvalue weighted by molar-refractivity contribution is 5.74. The summed E-state index contributed by atoms with van der Waals surface area (Å²) in [7, 11) is 3.13. The van der Waals surface area contributed by atoms with E-state index in [1.165, 1.54) is 12.1 Å². The third-order valence-corrected chi connectivity index (χ3v) is 13.6. The molecular weight excluding hydrogens is 1030 g/mol. The van der Waals surface area contributed by atoms with Crippen LogP contribution < -0.4 is 25.0 Å².